The van der Waals surface area contributed by atoms with Crippen molar-refractivity contribution in [1.29, 1.82) is 0 Å². The molecule has 0 saturated carbocycles. The standard InChI is InChI=1S/C32H23N/c1-22-12-11-20-29-31(22)33(23-13-3-2-4-14-23)30-21-10-9-19-28(30)32(29)26-17-7-5-15-24(26)25-16-6-8-18-27(25)32/h2-21H,1H3. The molecule has 0 radical (unpaired) electrons. The maximum absolute atomic E-state index is 2.45. The molecule has 0 atom stereocenters. The molecule has 1 nitrogen and oxygen atoms in total. The number of hydrogen-bond acceptors (Lipinski definition) is 1. The van der Waals surface area contributed by atoms with E-state index >= 15 is 0 Å². The highest BCUT2D eigenvalue weighted by Crippen LogP contribution is 2.63. The summed E-state index contributed by atoms with van der Waals surface area (Å²) in [4.78, 5) is 2.45. The fraction of sp³-hybridized carbons (Fsp3) is 0.0625. The topological polar surface area (TPSA) is 3.24 Å². The summed E-state index contributed by atoms with van der Waals surface area (Å²) in [6.45, 7) is 2.24. The largest absolute Gasteiger partial charge is 0.310 e. The Morgan fingerprint density at radius 2 is 1.03 bits per heavy atom. The lowest BCUT2D eigenvalue weighted by Gasteiger charge is -2.45. The molecule has 5 aromatic carbocycles. The average molecular weight is 422 g/mol. The van der Waals surface area contributed by atoms with Gasteiger partial charge in [-0.15, -0.1) is 0 Å². The van der Waals surface area contributed by atoms with Gasteiger partial charge in [-0.1, -0.05) is 103 Å². The van der Waals surface area contributed by atoms with E-state index in [0.717, 1.165) is 0 Å². The second-order valence-corrected chi connectivity index (χ2v) is 9.00. The van der Waals surface area contributed by atoms with Gasteiger partial charge in [0, 0.05) is 5.69 Å². The average Bonchev–Trinajstić information content (AvgIpc) is 3.17. The Kier molecular flexibility index (Phi) is 3.75. The number of para-hydroxylation sites is 3. The zero-order chi connectivity index (χ0) is 22.0. The summed E-state index contributed by atoms with van der Waals surface area (Å²) in [6.07, 6.45) is 0. The van der Waals surface area contributed by atoms with Crippen LogP contribution in [0.25, 0.3) is 11.1 Å². The Morgan fingerprint density at radius 1 is 0.485 bits per heavy atom. The van der Waals surface area contributed by atoms with Crippen molar-refractivity contribution in [2.24, 2.45) is 0 Å². The third-order valence-corrected chi connectivity index (χ3v) is 7.38. The van der Waals surface area contributed by atoms with E-state index in [9.17, 15) is 0 Å². The van der Waals surface area contributed by atoms with Gasteiger partial charge in [-0.25, -0.2) is 0 Å². The minimum Gasteiger partial charge on any atom is -0.310 e. The quantitative estimate of drug-likeness (QED) is 0.258. The fourth-order valence-corrected chi connectivity index (χ4v) is 6.17. The van der Waals surface area contributed by atoms with Gasteiger partial charge in [-0.2, -0.15) is 0 Å². The lowest BCUT2D eigenvalue weighted by Crippen LogP contribution is -2.36. The molecule has 1 aliphatic heterocycles. The first kappa shape index (κ1) is 18.5. The van der Waals surface area contributed by atoms with Gasteiger partial charge >= 0.3 is 0 Å². The third-order valence-electron chi connectivity index (χ3n) is 7.38. The Labute approximate surface area is 194 Å². The van der Waals surface area contributed by atoms with Crippen molar-refractivity contribution >= 4 is 17.1 Å². The summed E-state index contributed by atoms with van der Waals surface area (Å²) in [5.41, 5.74) is 12.8. The normalized spacial score (nSPS) is 14.4. The number of benzene rings is 5. The minimum atomic E-state index is -0.337. The molecule has 1 heteroatoms. The first-order valence-electron chi connectivity index (χ1n) is 11.6. The number of fused-ring (bicyclic) bond motifs is 9. The van der Waals surface area contributed by atoms with E-state index < -0.39 is 0 Å². The molecule has 156 valence electrons. The monoisotopic (exact) mass is 421 g/mol. The van der Waals surface area contributed by atoms with E-state index in [1.54, 1.807) is 0 Å². The molecule has 0 bridgehead atoms. The van der Waals surface area contributed by atoms with Crippen LogP contribution in [0.4, 0.5) is 17.1 Å². The van der Waals surface area contributed by atoms with Crippen LogP contribution in [0.5, 0.6) is 0 Å². The SMILES string of the molecule is Cc1cccc2c1N(c1ccccc1)c1ccccc1C21c2ccccc2-c2ccccc21. The zero-order valence-corrected chi connectivity index (χ0v) is 18.5. The lowest BCUT2D eigenvalue weighted by molar-refractivity contribution is 0.751. The van der Waals surface area contributed by atoms with Crippen LogP contribution in [0.1, 0.15) is 27.8 Å². The van der Waals surface area contributed by atoms with E-state index in [0.29, 0.717) is 0 Å². The van der Waals surface area contributed by atoms with Crippen LogP contribution in [0.2, 0.25) is 0 Å². The minimum absolute atomic E-state index is 0.337. The highest BCUT2D eigenvalue weighted by atomic mass is 15.2. The molecular formula is C32H23N. The van der Waals surface area contributed by atoms with Crippen molar-refractivity contribution in [2.45, 2.75) is 12.3 Å². The summed E-state index contributed by atoms with van der Waals surface area (Å²) in [5.74, 6) is 0. The smallest absolute Gasteiger partial charge is 0.0754 e. The number of anilines is 3. The second-order valence-electron chi connectivity index (χ2n) is 9.00. The van der Waals surface area contributed by atoms with Crippen molar-refractivity contribution in [2.75, 3.05) is 4.90 Å². The molecule has 1 heterocycles. The van der Waals surface area contributed by atoms with Gasteiger partial charge in [0.05, 0.1) is 16.8 Å². The van der Waals surface area contributed by atoms with Crippen LogP contribution in [0.15, 0.2) is 121 Å². The van der Waals surface area contributed by atoms with Gasteiger partial charge in [0.1, 0.15) is 0 Å². The van der Waals surface area contributed by atoms with E-state index in [1.807, 2.05) is 0 Å². The molecule has 0 aromatic heterocycles. The summed E-state index contributed by atoms with van der Waals surface area (Å²) in [5, 5.41) is 0. The van der Waals surface area contributed by atoms with Crippen molar-refractivity contribution in [3.63, 3.8) is 0 Å². The van der Waals surface area contributed by atoms with Gasteiger partial charge in [-0.3, -0.25) is 0 Å². The van der Waals surface area contributed by atoms with Crippen molar-refractivity contribution < 1.29 is 0 Å². The molecule has 0 unspecified atom stereocenters. The Morgan fingerprint density at radius 3 is 1.73 bits per heavy atom. The lowest BCUT2D eigenvalue weighted by atomic mass is 9.64. The van der Waals surface area contributed by atoms with Crippen LogP contribution >= 0.6 is 0 Å². The van der Waals surface area contributed by atoms with Crippen LogP contribution in [-0.2, 0) is 5.41 Å². The van der Waals surface area contributed by atoms with Gasteiger partial charge in [0.2, 0.25) is 0 Å². The van der Waals surface area contributed by atoms with Crippen LogP contribution < -0.4 is 4.90 Å². The summed E-state index contributed by atoms with van der Waals surface area (Å²) < 4.78 is 0. The van der Waals surface area contributed by atoms with E-state index in [-0.39, 0.29) is 5.41 Å². The van der Waals surface area contributed by atoms with Crippen molar-refractivity contribution in [3.8, 4) is 11.1 Å². The van der Waals surface area contributed by atoms with Gasteiger partial charge in [0.25, 0.3) is 0 Å². The molecule has 0 fully saturated rings. The van der Waals surface area contributed by atoms with Gasteiger partial charge in [-0.05, 0) is 64.1 Å². The number of nitrogens with zero attached hydrogens (tertiary/aromatic N) is 1. The molecule has 0 saturated heterocycles. The summed E-state index contributed by atoms with van der Waals surface area (Å²) in [6, 6.07) is 44.4. The molecular weight excluding hydrogens is 398 g/mol. The van der Waals surface area contributed by atoms with Crippen molar-refractivity contribution in [3.05, 3.63) is 149 Å². The van der Waals surface area contributed by atoms with Crippen LogP contribution in [0.3, 0.4) is 0 Å². The predicted molar refractivity (Wildman–Crippen MR) is 137 cm³/mol. The second kappa shape index (κ2) is 6.70. The molecule has 0 amide bonds. The van der Waals surface area contributed by atoms with Gasteiger partial charge < -0.3 is 4.90 Å². The molecule has 1 aliphatic carbocycles. The molecule has 2 aliphatic rings. The van der Waals surface area contributed by atoms with E-state index in [1.165, 1.54) is 56.0 Å². The first-order valence-corrected chi connectivity index (χ1v) is 11.6. The van der Waals surface area contributed by atoms with Crippen molar-refractivity contribution in [1.82, 2.24) is 0 Å². The van der Waals surface area contributed by atoms with E-state index in [4.69, 9.17) is 0 Å². The third kappa shape index (κ3) is 2.27. The highest BCUT2D eigenvalue weighted by molar-refractivity contribution is 5.96. The Balaban J connectivity index is 1.69. The molecule has 33 heavy (non-hydrogen) atoms. The Bertz CT molecular complexity index is 1480. The molecule has 5 aromatic rings. The highest BCUT2D eigenvalue weighted by Gasteiger charge is 2.51. The van der Waals surface area contributed by atoms with Crippen LogP contribution in [0, 0.1) is 6.92 Å². The number of hydrogen-bond donors (Lipinski definition) is 0. The van der Waals surface area contributed by atoms with Crippen LogP contribution in [-0.4, -0.2) is 0 Å². The summed E-state index contributed by atoms with van der Waals surface area (Å²) >= 11 is 0. The zero-order valence-electron chi connectivity index (χ0n) is 18.5. The van der Waals surface area contributed by atoms with Gasteiger partial charge in [0.15, 0.2) is 0 Å². The molecule has 1 spiro atoms. The van der Waals surface area contributed by atoms with E-state index in [2.05, 4.69) is 133 Å². The Hall–Kier alpha value is -4.10. The fourth-order valence-electron chi connectivity index (χ4n) is 6.17. The molecule has 7 rings (SSSR count). The molecule has 0 N–H and O–H groups in total. The number of rotatable bonds is 1. The maximum Gasteiger partial charge on any atom is 0.0754 e. The first-order chi connectivity index (χ1) is 16.3. The predicted octanol–water partition coefficient (Wildman–Crippen LogP) is 8.14. The number of aryl methyl sites for hydroxylation is 1. The maximum atomic E-state index is 2.45. The summed E-state index contributed by atoms with van der Waals surface area (Å²) in [7, 11) is 0.